The lowest BCUT2D eigenvalue weighted by Crippen LogP contribution is -2.37. The largest absolute Gasteiger partial charge is 0.355 e. The molecule has 0 spiro atoms. The van der Waals surface area contributed by atoms with Gasteiger partial charge in [-0.25, -0.2) is 17.5 Å². The quantitative estimate of drug-likeness (QED) is 0.812. The lowest BCUT2D eigenvalue weighted by Gasteiger charge is -2.08. The molecular formula is C11H14BrFN2O3S. The molecule has 19 heavy (non-hydrogen) atoms. The lowest BCUT2D eigenvalue weighted by atomic mass is 10.3. The van der Waals surface area contributed by atoms with E-state index in [4.69, 9.17) is 0 Å². The number of hydrogen-bond donors (Lipinski definition) is 2. The van der Waals surface area contributed by atoms with Gasteiger partial charge in [0.25, 0.3) is 0 Å². The Morgan fingerprint density at radius 3 is 2.68 bits per heavy atom. The average molecular weight is 353 g/mol. The van der Waals surface area contributed by atoms with Crippen LogP contribution in [0.4, 0.5) is 4.39 Å². The molecule has 2 N–H and O–H groups in total. The number of nitrogens with one attached hydrogen (secondary N) is 2. The van der Waals surface area contributed by atoms with E-state index in [-0.39, 0.29) is 0 Å². The van der Waals surface area contributed by atoms with E-state index >= 15 is 0 Å². The van der Waals surface area contributed by atoms with Crippen LogP contribution in [0.25, 0.3) is 0 Å². The standard InChI is InChI=1S/C11H14BrFN2O3S/c1-2-5-14-11(16)7-15-19(17,18)10-4-3-8(12)6-9(10)13/h3-4,6,15H,2,5,7H2,1H3,(H,14,16). The van der Waals surface area contributed by atoms with Gasteiger partial charge < -0.3 is 5.32 Å². The molecule has 1 amide bonds. The van der Waals surface area contributed by atoms with E-state index in [0.29, 0.717) is 11.0 Å². The van der Waals surface area contributed by atoms with E-state index < -0.39 is 33.2 Å². The van der Waals surface area contributed by atoms with Crippen LogP contribution in [-0.4, -0.2) is 27.4 Å². The summed E-state index contributed by atoms with van der Waals surface area (Å²) in [6, 6.07) is 3.59. The normalized spacial score (nSPS) is 11.3. The summed E-state index contributed by atoms with van der Waals surface area (Å²) >= 11 is 3.03. The second kappa shape index (κ2) is 6.97. The molecule has 1 aromatic carbocycles. The van der Waals surface area contributed by atoms with Crippen LogP contribution >= 0.6 is 15.9 Å². The number of halogens is 2. The Kier molecular flexibility index (Phi) is 5.89. The predicted octanol–water partition coefficient (Wildman–Crippen LogP) is 1.39. The molecule has 1 aromatic rings. The molecule has 0 saturated heterocycles. The van der Waals surface area contributed by atoms with Crippen molar-refractivity contribution in [1.82, 2.24) is 10.0 Å². The van der Waals surface area contributed by atoms with Crippen LogP contribution in [0.3, 0.4) is 0 Å². The van der Waals surface area contributed by atoms with E-state index in [1.165, 1.54) is 6.07 Å². The minimum Gasteiger partial charge on any atom is -0.355 e. The van der Waals surface area contributed by atoms with Crippen LogP contribution in [0.5, 0.6) is 0 Å². The van der Waals surface area contributed by atoms with Gasteiger partial charge >= 0.3 is 0 Å². The van der Waals surface area contributed by atoms with Crippen molar-refractivity contribution in [1.29, 1.82) is 0 Å². The molecule has 106 valence electrons. The summed E-state index contributed by atoms with van der Waals surface area (Å²) in [5.74, 6) is -1.33. The Bertz CT molecular complexity index is 563. The maximum Gasteiger partial charge on any atom is 0.243 e. The molecule has 0 aliphatic carbocycles. The molecule has 0 aliphatic rings. The number of rotatable bonds is 6. The first kappa shape index (κ1) is 16.1. The number of carbonyl (C=O) groups excluding carboxylic acids is 1. The molecule has 0 saturated carbocycles. The van der Waals surface area contributed by atoms with Gasteiger partial charge in [0.1, 0.15) is 10.7 Å². The first-order chi connectivity index (χ1) is 8.86. The van der Waals surface area contributed by atoms with Crippen LogP contribution in [0, 0.1) is 5.82 Å². The summed E-state index contributed by atoms with van der Waals surface area (Å²) in [4.78, 5) is 10.8. The summed E-state index contributed by atoms with van der Waals surface area (Å²) in [6.45, 7) is 1.92. The van der Waals surface area contributed by atoms with Crippen LogP contribution in [0.2, 0.25) is 0 Å². The highest BCUT2D eigenvalue weighted by Gasteiger charge is 2.19. The van der Waals surface area contributed by atoms with Crippen LogP contribution in [0.15, 0.2) is 27.6 Å². The molecule has 0 bridgehead atoms. The van der Waals surface area contributed by atoms with E-state index in [2.05, 4.69) is 21.2 Å². The van der Waals surface area contributed by atoms with E-state index in [1.54, 1.807) is 0 Å². The van der Waals surface area contributed by atoms with Crippen LogP contribution in [0.1, 0.15) is 13.3 Å². The highest BCUT2D eigenvalue weighted by Crippen LogP contribution is 2.18. The zero-order chi connectivity index (χ0) is 14.5. The molecule has 0 aromatic heterocycles. The number of sulfonamides is 1. The number of hydrogen-bond acceptors (Lipinski definition) is 3. The molecule has 5 nitrogen and oxygen atoms in total. The number of amides is 1. The number of carbonyl (C=O) groups is 1. The van der Waals surface area contributed by atoms with Crippen LogP contribution in [-0.2, 0) is 14.8 Å². The predicted molar refractivity (Wildman–Crippen MR) is 72.6 cm³/mol. The Hall–Kier alpha value is -0.990. The fourth-order valence-corrected chi connectivity index (χ4v) is 2.63. The second-order valence-corrected chi connectivity index (χ2v) is 6.40. The van der Waals surface area contributed by atoms with Crippen LogP contribution < -0.4 is 10.0 Å². The lowest BCUT2D eigenvalue weighted by molar-refractivity contribution is -0.119. The third-order valence-corrected chi connectivity index (χ3v) is 4.11. The third kappa shape index (κ3) is 4.88. The van der Waals surface area contributed by atoms with E-state index in [0.717, 1.165) is 18.6 Å². The molecule has 0 radical (unpaired) electrons. The van der Waals surface area contributed by atoms with Crippen molar-refractivity contribution >= 4 is 31.9 Å². The first-order valence-corrected chi connectivity index (χ1v) is 7.86. The van der Waals surface area contributed by atoms with Crippen molar-refractivity contribution in [2.45, 2.75) is 18.2 Å². The minimum absolute atomic E-state index is 0.419. The minimum atomic E-state index is -4.03. The highest BCUT2D eigenvalue weighted by atomic mass is 79.9. The molecule has 0 heterocycles. The van der Waals surface area contributed by atoms with Crippen molar-refractivity contribution in [2.75, 3.05) is 13.1 Å². The summed E-state index contributed by atoms with van der Waals surface area (Å²) < 4.78 is 39.6. The smallest absolute Gasteiger partial charge is 0.243 e. The Morgan fingerprint density at radius 1 is 1.42 bits per heavy atom. The fourth-order valence-electron chi connectivity index (χ4n) is 1.26. The Labute approximate surface area is 119 Å². The number of benzene rings is 1. The molecule has 0 aliphatic heterocycles. The van der Waals surface area contributed by atoms with Gasteiger partial charge in [-0.3, -0.25) is 4.79 Å². The van der Waals surface area contributed by atoms with Crippen molar-refractivity contribution in [2.24, 2.45) is 0 Å². The van der Waals surface area contributed by atoms with Gasteiger partial charge in [0.05, 0.1) is 6.54 Å². The van der Waals surface area contributed by atoms with Crippen molar-refractivity contribution < 1.29 is 17.6 Å². The van der Waals surface area contributed by atoms with E-state index in [9.17, 15) is 17.6 Å². The molecule has 1 rings (SSSR count). The summed E-state index contributed by atoms with van der Waals surface area (Å²) in [5, 5.41) is 2.51. The Balaban J connectivity index is 2.73. The zero-order valence-corrected chi connectivity index (χ0v) is 12.6. The first-order valence-electron chi connectivity index (χ1n) is 5.58. The van der Waals surface area contributed by atoms with Gasteiger partial charge in [-0.05, 0) is 24.6 Å². The Morgan fingerprint density at radius 2 is 2.11 bits per heavy atom. The zero-order valence-electron chi connectivity index (χ0n) is 10.2. The van der Waals surface area contributed by atoms with Gasteiger partial charge in [-0.15, -0.1) is 0 Å². The van der Waals surface area contributed by atoms with Crippen molar-refractivity contribution in [3.63, 3.8) is 0 Å². The maximum atomic E-state index is 13.5. The van der Waals surface area contributed by atoms with Crippen molar-refractivity contribution in [3.05, 3.63) is 28.5 Å². The molecule has 0 atom stereocenters. The topological polar surface area (TPSA) is 75.3 Å². The maximum absolute atomic E-state index is 13.5. The summed E-state index contributed by atoms with van der Waals surface area (Å²) in [6.07, 6.45) is 0.750. The molecule has 0 fully saturated rings. The highest BCUT2D eigenvalue weighted by molar-refractivity contribution is 9.10. The fraction of sp³-hybridized carbons (Fsp3) is 0.364. The van der Waals surface area contributed by atoms with Gasteiger partial charge in [-0.2, -0.15) is 0 Å². The summed E-state index contributed by atoms with van der Waals surface area (Å²) in [7, 11) is -4.03. The molecular weight excluding hydrogens is 339 g/mol. The van der Waals surface area contributed by atoms with Gasteiger partial charge in [0.2, 0.25) is 15.9 Å². The SMILES string of the molecule is CCCNC(=O)CNS(=O)(=O)c1ccc(Br)cc1F. The average Bonchev–Trinajstić information content (AvgIpc) is 2.33. The molecule has 8 heteroatoms. The van der Waals surface area contributed by atoms with Gasteiger partial charge in [-0.1, -0.05) is 22.9 Å². The van der Waals surface area contributed by atoms with E-state index in [1.807, 2.05) is 11.6 Å². The second-order valence-electron chi connectivity index (χ2n) is 3.75. The third-order valence-electron chi connectivity index (χ3n) is 2.18. The van der Waals surface area contributed by atoms with Gasteiger partial charge in [0, 0.05) is 11.0 Å². The van der Waals surface area contributed by atoms with Crippen molar-refractivity contribution in [3.8, 4) is 0 Å². The summed E-state index contributed by atoms with van der Waals surface area (Å²) in [5.41, 5.74) is 0. The van der Waals surface area contributed by atoms with Gasteiger partial charge in [0.15, 0.2) is 0 Å². The monoisotopic (exact) mass is 352 g/mol. The molecule has 0 unspecified atom stereocenters.